The predicted octanol–water partition coefficient (Wildman–Crippen LogP) is 3.34. The third-order valence-corrected chi connectivity index (χ3v) is 4.72. The Morgan fingerprint density at radius 2 is 2.14 bits per heavy atom. The monoisotopic (exact) mass is 394 g/mol. The van der Waals surface area contributed by atoms with Crippen LogP contribution in [0.15, 0.2) is 64.3 Å². The van der Waals surface area contributed by atoms with Crippen molar-refractivity contribution in [1.29, 1.82) is 0 Å². The largest absolute Gasteiger partial charge is 0.471 e. The molecule has 0 aliphatic rings. The van der Waals surface area contributed by atoms with E-state index < -0.39 is 0 Å². The smallest absolute Gasteiger partial charge is 0.261 e. The van der Waals surface area contributed by atoms with E-state index in [1.165, 1.54) is 11.9 Å². The van der Waals surface area contributed by atoms with Gasteiger partial charge in [-0.25, -0.2) is 4.98 Å². The van der Waals surface area contributed by atoms with Crippen molar-refractivity contribution >= 4 is 11.9 Å². The van der Waals surface area contributed by atoms with Crippen LogP contribution in [0.5, 0.6) is 5.88 Å². The summed E-state index contributed by atoms with van der Waals surface area (Å²) in [7, 11) is 3.72. The summed E-state index contributed by atoms with van der Waals surface area (Å²) >= 11 is 1.53. The third kappa shape index (κ3) is 3.90. The first-order valence-corrected chi connectivity index (χ1v) is 9.39. The highest BCUT2D eigenvalue weighted by Crippen LogP contribution is 2.27. The number of nitrogens with zero attached hydrogens (tertiary/aromatic N) is 5. The molecule has 0 aliphatic heterocycles. The Hall–Kier alpha value is -3.17. The van der Waals surface area contributed by atoms with E-state index in [9.17, 15) is 0 Å². The maximum absolute atomic E-state index is 5.76. The molecule has 0 atom stereocenters. The molecule has 0 unspecified atom stereocenters. The van der Waals surface area contributed by atoms with Crippen molar-refractivity contribution in [2.45, 2.75) is 11.5 Å². The Labute approximate surface area is 166 Å². The predicted molar refractivity (Wildman–Crippen MR) is 105 cm³/mol. The fourth-order valence-corrected chi connectivity index (χ4v) is 3.22. The number of ether oxygens (including phenoxy) is 1. The maximum atomic E-state index is 5.76. The average molecular weight is 394 g/mol. The first-order chi connectivity index (χ1) is 13.7. The summed E-state index contributed by atoms with van der Waals surface area (Å²) in [6, 6.07) is 13.4. The standard InChI is InChI=1S/C19H18N6O2S/c1-20-28-14-7-5-6-13(10-14)18-23-19(27-24-18)15-11-22-25(2)16(15)12-26-17-8-3-4-9-21-17/h3-11,20H,12H2,1-2H3. The zero-order valence-corrected chi connectivity index (χ0v) is 16.2. The van der Waals surface area contributed by atoms with Gasteiger partial charge in [-0.1, -0.05) is 23.4 Å². The van der Waals surface area contributed by atoms with Crippen LogP contribution in [0.4, 0.5) is 0 Å². The quantitative estimate of drug-likeness (QED) is 0.477. The van der Waals surface area contributed by atoms with Gasteiger partial charge in [0.25, 0.3) is 5.89 Å². The summed E-state index contributed by atoms with van der Waals surface area (Å²) in [5, 5.41) is 8.43. The molecule has 8 nitrogen and oxygen atoms in total. The second kappa shape index (κ2) is 8.24. The lowest BCUT2D eigenvalue weighted by Gasteiger charge is -2.06. The molecule has 0 amide bonds. The van der Waals surface area contributed by atoms with Crippen LogP contribution in [0.1, 0.15) is 5.69 Å². The molecule has 1 N–H and O–H groups in total. The highest BCUT2D eigenvalue weighted by Gasteiger charge is 2.18. The van der Waals surface area contributed by atoms with Gasteiger partial charge in [-0.3, -0.25) is 9.40 Å². The molecule has 0 fully saturated rings. The number of benzene rings is 1. The Bertz CT molecular complexity index is 1060. The molecule has 0 saturated heterocycles. The zero-order chi connectivity index (χ0) is 19.3. The molecule has 4 rings (SSSR count). The van der Waals surface area contributed by atoms with Crippen LogP contribution in [0.3, 0.4) is 0 Å². The molecule has 0 radical (unpaired) electrons. The summed E-state index contributed by atoms with van der Waals surface area (Å²) in [4.78, 5) is 9.78. The summed E-state index contributed by atoms with van der Waals surface area (Å²) in [5.74, 6) is 1.46. The summed E-state index contributed by atoms with van der Waals surface area (Å²) < 4.78 is 16.0. The van der Waals surface area contributed by atoms with Crippen LogP contribution in [0, 0.1) is 0 Å². The summed E-state index contributed by atoms with van der Waals surface area (Å²) in [6.07, 6.45) is 3.38. The molecule has 3 aromatic heterocycles. The number of aromatic nitrogens is 5. The Morgan fingerprint density at radius 3 is 2.96 bits per heavy atom. The van der Waals surface area contributed by atoms with E-state index >= 15 is 0 Å². The Kier molecular flexibility index (Phi) is 5.36. The van der Waals surface area contributed by atoms with Crippen LogP contribution in [0.2, 0.25) is 0 Å². The molecule has 142 valence electrons. The van der Waals surface area contributed by atoms with Crippen molar-refractivity contribution < 1.29 is 9.26 Å². The number of hydrogen-bond donors (Lipinski definition) is 1. The second-order valence-electron chi connectivity index (χ2n) is 5.84. The minimum absolute atomic E-state index is 0.287. The van der Waals surface area contributed by atoms with E-state index in [1.807, 2.05) is 50.5 Å². The highest BCUT2D eigenvalue weighted by atomic mass is 32.2. The van der Waals surface area contributed by atoms with Gasteiger partial charge >= 0.3 is 0 Å². The molecule has 0 saturated carbocycles. The second-order valence-corrected chi connectivity index (χ2v) is 6.93. The molecule has 0 aliphatic carbocycles. The van der Waals surface area contributed by atoms with Crippen molar-refractivity contribution in [2.75, 3.05) is 7.05 Å². The first-order valence-electron chi connectivity index (χ1n) is 8.57. The molecule has 1 aromatic carbocycles. The lowest BCUT2D eigenvalue weighted by atomic mass is 10.2. The van der Waals surface area contributed by atoms with Gasteiger partial charge in [0.1, 0.15) is 6.61 Å². The van der Waals surface area contributed by atoms with Crippen molar-refractivity contribution in [3.8, 4) is 28.7 Å². The fourth-order valence-electron chi connectivity index (χ4n) is 2.65. The van der Waals surface area contributed by atoms with E-state index in [4.69, 9.17) is 9.26 Å². The lowest BCUT2D eigenvalue weighted by Crippen LogP contribution is -2.05. The van der Waals surface area contributed by atoms with Crippen LogP contribution < -0.4 is 9.46 Å². The van der Waals surface area contributed by atoms with Crippen molar-refractivity contribution in [3.05, 3.63) is 60.6 Å². The van der Waals surface area contributed by atoms with E-state index in [0.29, 0.717) is 17.6 Å². The van der Waals surface area contributed by atoms with Crippen LogP contribution in [0.25, 0.3) is 22.8 Å². The van der Waals surface area contributed by atoms with Gasteiger partial charge < -0.3 is 9.26 Å². The molecule has 4 aromatic rings. The summed E-state index contributed by atoms with van der Waals surface area (Å²) in [5.41, 5.74) is 2.43. The van der Waals surface area contributed by atoms with Crippen molar-refractivity contribution in [2.24, 2.45) is 7.05 Å². The molecular weight excluding hydrogens is 376 g/mol. The Balaban J connectivity index is 1.58. The van der Waals surface area contributed by atoms with Gasteiger partial charge in [-0.05, 0) is 37.2 Å². The minimum Gasteiger partial charge on any atom is -0.471 e. The molecule has 0 bridgehead atoms. The molecule has 9 heteroatoms. The molecule has 0 spiro atoms. The summed E-state index contributed by atoms with van der Waals surface area (Å²) in [6.45, 7) is 0.287. The number of aryl methyl sites for hydroxylation is 1. The van der Waals surface area contributed by atoms with Gasteiger partial charge in [0.05, 0.1) is 17.5 Å². The first kappa shape index (κ1) is 18.2. The highest BCUT2D eigenvalue weighted by molar-refractivity contribution is 7.97. The van der Waals surface area contributed by atoms with Gasteiger partial charge in [-0.15, -0.1) is 0 Å². The minimum atomic E-state index is 0.287. The fraction of sp³-hybridized carbons (Fsp3) is 0.158. The SMILES string of the molecule is CNSc1cccc(-c2noc(-c3cnn(C)c3COc3ccccn3)n2)c1. The molecular formula is C19H18N6O2S. The lowest BCUT2D eigenvalue weighted by molar-refractivity contribution is 0.283. The van der Waals surface area contributed by atoms with Gasteiger partial charge in [0, 0.05) is 29.8 Å². The number of rotatable bonds is 7. The maximum Gasteiger partial charge on any atom is 0.261 e. The third-order valence-electron chi connectivity index (χ3n) is 4.02. The number of hydrogen-bond acceptors (Lipinski definition) is 8. The number of pyridine rings is 1. The van der Waals surface area contributed by atoms with Gasteiger partial charge in [-0.2, -0.15) is 10.1 Å². The van der Waals surface area contributed by atoms with Gasteiger partial charge in [0.2, 0.25) is 11.7 Å². The average Bonchev–Trinajstić information content (AvgIpc) is 3.34. The van der Waals surface area contributed by atoms with E-state index in [1.54, 1.807) is 23.1 Å². The van der Waals surface area contributed by atoms with Crippen LogP contribution >= 0.6 is 11.9 Å². The van der Waals surface area contributed by atoms with Crippen LogP contribution in [-0.2, 0) is 13.7 Å². The van der Waals surface area contributed by atoms with Gasteiger partial charge in [0.15, 0.2) is 0 Å². The topological polar surface area (TPSA) is 90.9 Å². The van der Waals surface area contributed by atoms with E-state index in [-0.39, 0.29) is 6.61 Å². The Morgan fingerprint density at radius 1 is 1.21 bits per heavy atom. The number of nitrogens with one attached hydrogen (secondary N) is 1. The molecule has 3 heterocycles. The molecule has 28 heavy (non-hydrogen) atoms. The van der Waals surface area contributed by atoms with Crippen molar-refractivity contribution in [3.63, 3.8) is 0 Å². The zero-order valence-electron chi connectivity index (χ0n) is 15.4. The van der Waals surface area contributed by atoms with Crippen molar-refractivity contribution in [1.82, 2.24) is 29.6 Å². The van der Waals surface area contributed by atoms with E-state index in [0.717, 1.165) is 21.7 Å². The van der Waals surface area contributed by atoms with E-state index in [2.05, 4.69) is 24.9 Å². The van der Waals surface area contributed by atoms with Crippen LogP contribution in [-0.4, -0.2) is 32.0 Å². The normalized spacial score (nSPS) is 10.9.